The number of halogens is 4. The van der Waals surface area contributed by atoms with Gasteiger partial charge in [0.25, 0.3) is 5.56 Å². The number of benzene rings is 1. The third-order valence-electron chi connectivity index (χ3n) is 4.85. The number of alkyl halides is 3. The molecule has 0 bridgehead atoms. The highest BCUT2D eigenvalue weighted by molar-refractivity contribution is 5.89. The Balaban J connectivity index is 2.14. The van der Waals surface area contributed by atoms with Crippen LogP contribution >= 0.6 is 0 Å². The van der Waals surface area contributed by atoms with Gasteiger partial charge in [-0.1, -0.05) is 6.07 Å². The SMILES string of the molecule is CC(=O)N1CCc2c(cn(Cc3ccc(F)cc3C(F)(F)F)c(=O)c2C(=O)O)C1. The Morgan fingerprint density at radius 2 is 1.93 bits per heavy atom. The molecule has 2 aromatic rings. The second kappa shape index (κ2) is 7.34. The number of rotatable bonds is 3. The first kappa shape index (κ1) is 20.6. The summed E-state index contributed by atoms with van der Waals surface area (Å²) in [6.45, 7) is 1.03. The van der Waals surface area contributed by atoms with Crippen LogP contribution in [0.15, 0.2) is 29.2 Å². The van der Waals surface area contributed by atoms with Crippen molar-refractivity contribution in [2.24, 2.45) is 0 Å². The Bertz CT molecular complexity index is 1060. The van der Waals surface area contributed by atoms with Gasteiger partial charge in [-0.3, -0.25) is 9.59 Å². The summed E-state index contributed by atoms with van der Waals surface area (Å²) in [7, 11) is 0. The molecule has 154 valence electrons. The second-order valence-electron chi connectivity index (χ2n) is 6.74. The monoisotopic (exact) mass is 412 g/mol. The van der Waals surface area contributed by atoms with Gasteiger partial charge >= 0.3 is 12.1 Å². The van der Waals surface area contributed by atoms with Gasteiger partial charge in [-0.15, -0.1) is 0 Å². The minimum absolute atomic E-state index is 0.0424. The molecule has 0 spiro atoms. The first-order valence-corrected chi connectivity index (χ1v) is 8.58. The van der Waals surface area contributed by atoms with Gasteiger partial charge in [0.05, 0.1) is 12.1 Å². The second-order valence-corrected chi connectivity index (χ2v) is 6.74. The summed E-state index contributed by atoms with van der Waals surface area (Å²) in [5, 5.41) is 9.48. The van der Waals surface area contributed by atoms with Gasteiger partial charge in [0.2, 0.25) is 5.91 Å². The molecule has 1 aromatic heterocycles. The molecule has 0 aliphatic carbocycles. The van der Waals surface area contributed by atoms with E-state index in [1.54, 1.807) is 0 Å². The number of amides is 1. The van der Waals surface area contributed by atoms with Crippen molar-refractivity contribution in [3.8, 4) is 0 Å². The molecule has 0 radical (unpaired) electrons. The Morgan fingerprint density at radius 1 is 1.24 bits per heavy atom. The molecule has 6 nitrogen and oxygen atoms in total. The minimum Gasteiger partial charge on any atom is -0.477 e. The molecule has 1 amide bonds. The molecule has 3 rings (SSSR count). The largest absolute Gasteiger partial charge is 0.477 e. The smallest absolute Gasteiger partial charge is 0.416 e. The van der Waals surface area contributed by atoms with Crippen molar-refractivity contribution in [3.05, 3.63) is 68.4 Å². The molecule has 10 heteroatoms. The lowest BCUT2D eigenvalue weighted by Gasteiger charge is -2.29. The lowest BCUT2D eigenvalue weighted by molar-refractivity contribution is -0.138. The van der Waals surface area contributed by atoms with Crippen LogP contribution in [-0.2, 0) is 30.5 Å². The fraction of sp³-hybridized carbons (Fsp3) is 0.316. The number of hydrogen-bond donors (Lipinski definition) is 1. The van der Waals surface area contributed by atoms with Crippen LogP contribution in [0.5, 0.6) is 0 Å². The predicted octanol–water partition coefficient (Wildman–Crippen LogP) is 2.66. The van der Waals surface area contributed by atoms with Crippen molar-refractivity contribution in [1.29, 1.82) is 0 Å². The van der Waals surface area contributed by atoms with E-state index in [9.17, 15) is 37.1 Å². The maximum atomic E-state index is 13.3. The van der Waals surface area contributed by atoms with Crippen LogP contribution in [0.1, 0.15) is 39.5 Å². The number of carbonyl (C=O) groups excluding carboxylic acids is 1. The van der Waals surface area contributed by atoms with Crippen molar-refractivity contribution in [2.45, 2.75) is 32.6 Å². The lowest BCUT2D eigenvalue weighted by atomic mass is 9.96. The molecule has 1 N–H and O–H groups in total. The summed E-state index contributed by atoms with van der Waals surface area (Å²) in [6, 6.07) is 2.07. The fourth-order valence-electron chi connectivity index (χ4n) is 3.45. The highest BCUT2D eigenvalue weighted by atomic mass is 19.4. The maximum absolute atomic E-state index is 13.3. The van der Waals surface area contributed by atoms with Gasteiger partial charge in [0.15, 0.2) is 0 Å². The number of fused-ring (bicyclic) bond motifs is 1. The van der Waals surface area contributed by atoms with Gasteiger partial charge in [-0.25, -0.2) is 9.18 Å². The molecule has 2 heterocycles. The summed E-state index contributed by atoms with van der Waals surface area (Å²) < 4.78 is 54.0. The minimum atomic E-state index is -4.85. The zero-order valence-corrected chi connectivity index (χ0v) is 15.2. The average Bonchev–Trinajstić information content (AvgIpc) is 2.62. The van der Waals surface area contributed by atoms with Crippen molar-refractivity contribution < 1.29 is 32.3 Å². The Kier molecular flexibility index (Phi) is 5.20. The molecule has 1 aliphatic rings. The third kappa shape index (κ3) is 4.01. The van der Waals surface area contributed by atoms with Crippen LogP contribution in [0.2, 0.25) is 0 Å². The van der Waals surface area contributed by atoms with Crippen LogP contribution in [0.4, 0.5) is 17.6 Å². The maximum Gasteiger partial charge on any atom is 0.416 e. The van der Waals surface area contributed by atoms with Crippen LogP contribution in [0, 0.1) is 5.82 Å². The molecule has 0 unspecified atom stereocenters. The van der Waals surface area contributed by atoms with E-state index >= 15 is 0 Å². The Morgan fingerprint density at radius 3 is 2.52 bits per heavy atom. The van der Waals surface area contributed by atoms with E-state index in [1.165, 1.54) is 18.0 Å². The first-order valence-electron chi connectivity index (χ1n) is 8.58. The van der Waals surface area contributed by atoms with E-state index in [0.29, 0.717) is 11.6 Å². The quantitative estimate of drug-likeness (QED) is 0.787. The Hall–Kier alpha value is -3.17. The molecule has 0 atom stereocenters. The van der Waals surface area contributed by atoms with E-state index in [2.05, 4.69) is 0 Å². The van der Waals surface area contributed by atoms with E-state index in [0.717, 1.165) is 16.7 Å². The third-order valence-corrected chi connectivity index (χ3v) is 4.85. The highest BCUT2D eigenvalue weighted by Gasteiger charge is 2.34. The number of pyridine rings is 1. The molecule has 0 saturated carbocycles. The summed E-state index contributed by atoms with van der Waals surface area (Å²) in [5.41, 5.74) is -2.46. The van der Waals surface area contributed by atoms with Gasteiger partial charge < -0.3 is 14.6 Å². The van der Waals surface area contributed by atoms with E-state index in [4.69, 9.17) is 0 Å². The van der Waals surface area contributed by atoms with Crippen molar-refractivity contribution in [3.63, 3.8) is 0 Å². The van der Waals surface area contributed by atoms with Crippen LogP contribution in [0.3, 0.4) is 0 Å². The number of carbonyl (C=O) groups is 2. The van der Waals surface area contributed by atoms with Crippen LogP contribution < -0.4 is 5.56 Å². The number of carboxylic acids is 1. The Labute approximate surface area is 162 Å². The lowest BCUT2D eigenvalue weighted by Crippen LogP contribution is -2.38. The van der Waals surface area contributed by atoms with Gasteiger partial charge in [0, 0.05) is 26.2 Å². The predicted molar refractivity (Wildman–Crippen MR) is 93.0 cm³/mol. The molecule has 0 fully saturated rings. The summed E-state index contributed by atoms with van der Waals surface area (Å²) >= 11 is 0. The standard InChI is InChI=1S/C19H16F4N2O4/c1-10(26)24-5-4-14-12(8-24)9-25(17(27)16(14)18(28)29)7-11-2-3-13(20)6-15(11)19(21,22)23/h2-3,6,9H,4-5,7-8H2,1H3,(H,28,29). The van der Waals surface area contributed by atoms with Crippen molar-refractivity contribution >= 4 is 11.9 Å². The van der Waals surface area contributed by atoms with Crippen molar-refractivity contribution in [2.75, 3.05) is 6.54 Å². The summed E-state index contributed by atoms with van der Waals surface area (Å²) in [6.07, 6.45) is -3.43. The molecular weight excluding hydrogens is 396 g/mol. The van der Waals surface area contributed by atoms with Gasteiger partial charge in [-0.05, 0) is 35.2 Å². The van der Waals surface area contributed by atoms with E-state index < -0.39 is 41.2 Å². The number of carboxylic acid groups (broad SMARTS) is 1. The van der Waals surface area contributed by atoms with E-state index in [-0.39, 0.29) is 36.5 Å². The van der Waals surface area contributed by atoms with E-state index in [1.807, 2.05) is 0 Å². The number of aromatic carboxylic acids is 1. The normalized spacial score (nSPS) is 13.9. The molecule has 1 aromatic carbocycles. The summed E-state index contributed by atoms with van der Waals surface area (Å²) in [5.74, 6) is -2.82. The zero-order valence-electron chi connectivity index (χ0n) is 15.2. The fourth-order valence-corrected chi connectivity index (χ4v) is 3.45. The van der Waals surface area contributed by atoms with Crippen LogP contribution in [-0.4, -0.2) is 33.0 Å². The topological polar surface area (TPSA) is 79.6 Å². The number of aromatic nitrogens is 1. The van der Waals surface area contributed by atoms with Gasteiger partial charge in [-0.2, -0.15) is 13.2 Å². The molecule has 29 heavy (non-hydrogen) atoms. The van der Waals surface area contributed by atoms with Gasteiger partial charge in [0.1, 0.15) is 11.4 Å². The number of hydrogen-bond acceptors (Lipinski definition) is 3. The first-order chi connectivity index (χ1) is 13.5. The van der Waals surface area contributed by atoms with Crippen LogP contribution in [0.25, 0.3) is 0 Å². The molecular formula is C19H16F4N2O4. The number of nitrogens with zero attached hydrogens (tertiary/aromatic N) is 2. The summed E-state index contributed by atoms with van der Waals surface area (Å²) in [4.78, 5) is 37.4. The highest BCUT2D eigenvalue weighted by Crippen LogP contribution is 2.33. The van der Waals surface area contributed by atoms with Crippen molar-refractivity contribution in [1.82, 2.24) is 9.47 Å². The average molecular weight is 412 g/mol. The molecule has 0 saturated heterocycles. The molecule has 1 aliphatic heterocycles. The zero-order chi connectivity index (χ0) is 21.5.